The van der Waals surface area contributed by atoms with Crippen LogP contribution in [0.25, 0.3) is 22.6 Å². The van der Waals surface area contributed by atoms with Gasteiger partial charge in [-0.1, -0.05) is 57.5 Å². The van der Waals surface area contributed by atoms with Crippen molar-refractivity contribution in [2.24, 2.45) is 45.3 Å². The van der Waals surface area contributed by atoms with E-state index in [9.17, 15) is 44.3 Å². The standard InChI is InChI=1S/C40H40FNO8.C25H31NO7/c1-22-7-9-24(10-8-22)37-46-21-39(3)29-19-31(48-35(44)23-11-13-26(41)14-12-23)40(4)34(38(29,2)16-15-30(39)49-37)33(43)32-28(50-40)18-27(47-36(32)45)25-6-5-17-42-20-25;1-23-7-6-17(28)24(2,12-27)16(23)10-18(29)25(3)21(23)20(30)19-15(33-25)9-14(32-22(19)31)13-5-4-8-26-11-13/h5-14,17-18,20,29-31,33-34,37,43H,15-16,19,21H2,1-4H3;4-5,8-9,11,16-18,20-21,27-30H,6-7,10,12H2,1-3H3/t29?,30-,31-,33-,34?,37+,38-,39-,40+;16?,17-,18-,20-,21?,23-,24-,25+/m00/s1. The minimum atomic E-state index is -1.30. The molecule has 2 aromatic carbocycles. The second-order valence-electron chi connectivity index (χ2n) is 25.7. The predicted molar refractivity (Wildman–Crippen MR) is 298 cm³/mol. The summed E-state index contributed by atoms with van der Waals surface area (Å²) in [5.74, 6) is -2.04. The zero-order chi connectivity index (χ0) is 58.8. The monoisotopic (exact) mass is 1140 g/mol. The van der Waals surface area contributed by atoms with Gasteiger partial charge in [-0.05, 0) is 130 Å². The number of hydrogen-bond acceptors (Lipinski definition) is 17. The Morgan fingerprint density at radius 1 is 0.687 bits per heavy atom. The van der Waals surface area contributed by atoms with Gasteiger partial charge in [0.25, 0.3) is 0 Å². The average molecular weight is 1140 g/mol. The van der Waals surface area contributed by atoms with Gasteiger partial charge in [0.15, 0.2) is 6.29 Å². The Morgan fingerprint density at radius 2 is 1.24 bits per heavy atom. The smallest absolute Gasteiger partial charge is 0.345 e. The van der Waals surface area contributed by atoms with Crippen LogP contribution < -0.4 is 20.7 Å². The van der Waals surface area contributed by atoms with E-state index in [0.29, 0.717) is 56.3 Å². The molecule has 4 aliphatic carbocycles. The normalized spacial score (nSPS) is 37.3. The molecule has 3 aliphatic heterocycles. The van der Waals surface area contributed by atoms with Gasteiger partial charge >= 0.3 is 17.2 Å². The largest absolute Gasteiger partial charge is 0.484 e. The fourth-order valence-corrected chi connectivity index (χ4v) is 16.6. The van der Waals surface area contributed by atoms with Crippen molar-refractivity contribution in [3.05, 3.63) is 164 Å². The quantitative estimate of drug-likeness (QED) is 0.0975. The van der Waals surface area contributed by atoms with Crippen LogP contribution in [0.1, 0.15) is 131 Å². The predicted octanol–water partition coefficient (Wildman–Crippen LogP) is 9.16. The van der Waals surface area contributed by atoms with Crippen LogP contribution >= 0.6 is 0 Å². The Morgan fingerprint density at radius 3 is 1.81 bits per heavy atom. The number of hydrogen-bond donors (Lipinski definition) is 5. The van der Waals surface area contributed by atoms with E-state index < -0.39 is 105 Å². The highest BCUT2D eigenvalue weighted by Gasteiger charge is 2.72. The maximum absolute atomic E-state index is 13.8. The van der Waals surface area contributed by atoms with Crippen LogP contribution in [-0.2, 0) is 14.2 Å². The van der Waals surface area contributed by atoms with Gasteiger partial charge < -0.3 is 58.1 Å². The summed E-state index contributed by atoms with van der Waals surface area (Å²) < 4.78 is 57.8. The second-order valence-corrected chi connectivity index (χ2v) is 25.7. The summed E-state index contributed by atoms with van der Waals surface area (Å²) in [6.45, 7) is 13.9. The Bertz CT molecular complexity index is 3550. The average Bonchev–Trinajstić information content (AvgIpc) is 1.73. The van der Waals surface area contributed by atoms with E-state index in [2.05, 4.69) is 23.8 Å². The van der Waals surface area contributed by atoms with E-state index in [1.807, 2.05) is 52.0 Å². The summed E-state index contributed by atoms with van der Waals surface area (Å²) in [5.41, 5.74) is -2.90. The lowest BCUT2D eigenvalue weighted by molar-refractivity contribution is -0.330. The lowest BCUT2D eigenvalue weighted by Gasteiger charge is -2.67. The van der Waals surface area contributed by atoms with Crippen LogP contribution in [0.2, 0.25) is 0 Å². The van der Waals surface area contributed by atoms with Gasteiger partial charge in [-0.2, -0.15) is 0 Å². The molecule has 7 heterocycles. The molecule has 1 saturated heterocycles. The van der Waals surface area contributed by atoms with Crippen LogP contribution in [0.5, 0.6) is 11.5 Å². The number of carbonyl (C=O) groups is 1. The second kappa shape index (κ2) is 20.6. The first-order valence-electron chi connectivity index (χ1n) is 28.6. The summed E-state index contributed by atoms with van der Waals surface area (Å²) in [6, 6.07) is 23.4. The Labute approximate surface area is 479 Å². The van der Waals surface area contributed by atoms with E-state index >= 15 is 0 Å². The molecule has 17 nitrogen and oxygen atoms in total. The summed E-state index contributed by atoms with van der Waals surface area (Å²) in [7, 11) is 0. The van der Waals surface area contributed by atoms with Gasteiger partial charge in [0.2, 0.25) is 0 Å². The molecule has 5 N–H and O–H groups in total. The molecule has 4 saturated carbocycles. The summed E-state index contributed by atoms with van der Waals surface area (Å²) in [5, 5.41) is 56.2. The molecule has 83 heavy (non-hydrogen) atoms. The molecule has 0 spiro atoms. The number of rotatable bonds is 6. The lowest BCUT2D eigenvalue weighted by atomic mass is 9.42. The number of carbonyl (C=O) groups excluding carboxylic acids is 1. The number of aromatic nitrogens is 2. The minimum absolute atomic E-state index is 0.0356. The number of esters is 1. The van der Waals surface area contributed by atoms with Crippen molar-refractivity contribution < 1.29 is 67.2 Å². The van der Waals surface area contributed by atoms with Crippen LogP contribution in [0.4, 0.5) is 4.39 Å². The van der Waals surface area contributed by atoms with E-state index in [0.717, 1.165) is 11.1 Å². The third kappa shape index (κ3) is 8.99. The van der Waals surface area contributed by atoms with Crippen molar-refractivity contribution in [1.29, 1.82) is 0 Å². The highest BCUT2D eigenvalue weighted by Crippen LogP contribution is 2.70. The van der Waals surface area contributed by atoms with Crippen molar-refractivity contribution in [2.75, 3.05) is 13.2 Å². The molecule has 0 bridgehead atoms. The number of aliphatic hydroxyl groups excluding tert-OH is 5. The zero-order valence-corrected chi connectivity index (χ0v) is 47.5. The first kappa shape index (κ1) is 56.8. The topological polar surface area (TPSA) is 251 Å². The number of fused-ring (bicyclic) bond motifs is 10. The van der Waals surface area contributed by atoms with Crippen LogP contribution in [0.15, 0.2) is 128 Å². The number of benzene rings is 2. The molecular formula is C65H71FN2O15. The Hall–Kier alpha value is -6.64. The highest BCUT2D eigenvalue weighted by molar-refractivity contribution is 5.89. The molecule has 438 valence electrons. The van der Waals surface area contributed by atoms with E-state index in [-0.39, 0.29) is 64.3 Å². The molecule has 17 atom stereocenters. The van der Waals surface area contributed by atoms with Crippen LogP contribution in [0.3, 0.4) is 0 Å². The Kier molecular flexibility index (Phi) is 14.1. The highest BCUT2D eigenvalue weighted by atomic mass is 19.1. The molecule has 7 aliphatic rings. The Balaban J connectivity index is 0.000000178. The maximum Gasteiger partial charge on any atom is 0.345 e. The van der Waals surface area contributed by atoms with E-state index in [1.165, 1.54) is 24.3 Å². The van der Waals surface area contributed by atoms with E-state index in [1.54, 1.807) is 68.1 Å². The lowest BCUT2D eigenvalue weighted by Crippen LogP contribution is -2.71. The van der Waals surface area contributed by atoms with Crippen molar-refractivity contribution in [3.8, 4) is 34.1 Å². The van der Waals surface area contributed by atoms with Gasteiger partial charge in [0.1, 0.15) is 57.3 Å². The van der Waals surface area contributed by atoms with Crippen molar-refractivity contribution in [1.82, 2.24) is 9.97 Å². The maximum atomic E-state index is 13.8. The molecule has 0 amide bonds. The van der Waals surface area contributed by atoms with Gasteiger partial charge in [-0.15, -0.1) is 0 Å². The fourth-order valence-electron chi connectivity index (χ4n) is 16.6. The number of aliphatic hydroxyl groups is 5. The number of aryl methyl sites for hydroxylation is 1. The summed E-state index contributed by atoms with van der Waals surface area (Å²) in [4.78, 5) is 48.6. The summed E-state index contributed by atoms with van der Waals surface area (Å²) in [6.07, 6.45) is 3.61. The third-order valence-corrected chi connectivity index (χ3v) is 21.0. The minimum Gasteiger partial charge on any atom is -0.484 e. The van der Waals surface area contributed by atoms with Gasteiger partial charge in [-0.25, -0.2) is 18.8 Å². The number of pyridine rings is 2. The molecule has 6 aromatic rings. The SMILES string of the molecule is C[C@]12CC[C@H](O)[C@@](C)(CO)C1C[C@H](O)[C@@]1(C)Oc3cc(-c4cccnc4)oc(=O)c3[C@H](O)C21.Cc1ccc([C@@H]2OC[C@@]3(C)C4C[C@H](OC(=O)c5ccc(F)cc5)[C@@]5(C)Oc6cc(-c7cccnc7)oc(=O)c6[C@H](O)C5[C@@]4(C)CC[C@@H]3O2)cc1. The van der Waals surface area contributed by atoms with Gasteiger partial charge in [0.05, 0.1) is 49.3 Å². The van der Waals surface area contributed by atoms with Gasteiger partial charge in [0, 0.05) is 76.3 Å². The molecule has 4 unspecified atom stereocenters. The van der Waals surface area contributed by atoms with Crippen molar-refractivity contribution in [3.63, 3.8) is 0 Å². The van der Waals surface area contributed by atoms with E-state index in [4.69, 9.17) is 32.5 Å². The number of ether oxygens (including phenoxy) is 5. The number of halogens is 1. The third-order valence-electron chi connectivity index (χ3n) is 21.0. The van der Waals surface area contributed by atoms with Crippen molar-refractivity contribution in [2.45, 2.75) is 141 Å². The zero-order valence-electron chi connectivity index (χ0n) is 47.5. The fraction of sp³-hybridized carbons (Fsp3) is 0.492. The molecule has 4 aromatic heterocycles. The van der Waals surface area contributed by atoms with Crippen LogP contribution in [-0.4, -0.2) is 90.3 Å². The van der Waals surface area contributed by atoms with Gasteiger partial charge in [-0.3, -0.25) is 9.97 Å². The van der Waals surface area contributed by atoms with Crippen molar-refractivity contribution >= 4 is 5.97 Å². The first-order chi connectivity index (χ1) is 39.5. The molecular weight excluding hydrogens is 1070 g/mol. The summed E-state index contributed by atoms with van der Waals surface area (Å²) >= 11 is 0. The number of nitrogens with zero attached hydrogens (tertiary/aromatic N) is 2. The molecule has 0 radical (unpaired) electrons. The molecule has 13 rings (SSSR count). The van der Waals surface area contributed by atoms with Crippen LogP contribution in [0, 0.1) is 58.1 Å². The molecule has 18 heteroatoms. The first-order valence-corrected chi connectivity index (χ1v) is 28.6. The molecule has 5 fully saturated rings.